The van der Waals surface area contributed by atoms with Gasteiger partial charge in [0.2, 0.25) is 0 Å². The normalized spacial score (nSPS) is 18.7. The van der Waals surface area contributed by atoms with Crippen LogP contribution in [0, 0.1) is 12.3 Å². The maximum Gasteiger partial charge on any atom is 0.290 e. The molecule has 0 radical (unpaired) electrons. The van der Waals surface area contributed by atoms with Crippen molar-refractivity contribution in [2.45, 2.75) is 40.0 Å². The van der Waals surface area contributed by atoms with Gasteiger partial charge in [-0.2, -0.15) is 0 Å². The van der Waals surface area contributed by atoms with Crippen molar-refractivity contribution in [2.75, 3.05) is 37.6 Å². The topological polar surface area (TPSA) is 43.8 Å². The maximum absolute atomic E-state index is 8.36. The van der Waals surface area contributed by atoms with E-state index in [1.807, 2.05) is 12.1 Å². The Kier molecular flexibility index (Phi) is 8.38. The van der Waals surface area contributed by atoms with E-state index in [0.717, 1.165) is 37.7 Å². The highest BCUT2D eigenvalue weighted by atomic mass is 35.5. The number of rotatable bonds is 4. The van der Waals surface area contributed by atoms with E-state index < -0.39 is 0 Å². The number of anilines is 1. The second kappa shape index (κ2) is 11.0. The van der Waals surface area contributed by atoms with E-state index in [1.165, 1.54) is 36.1 Å². The van der Waals surface area contributed by atoms with Crippen LogP contribution in [0.15, 0.2) is 54.1 Å². The minimum absolute atomic E-state index is 0.250. The van der Waals surface area contributed by atoms with Gasteiger partial charge >= 0.3 is 0 Å². The first-order valence-corrected chi connectivity index (χ1v) is 11.8. The van der Waals surface area contributed by atoms with Crippen LogP contribution in [0.1, 0.15) is 44.2 Å². The molecule has 4 nitrogen and oxygen atoms in total. The van der Waals surface area contributed by atoms with Gasteiger partial charge in [0, 0.05) is 43.4 Å². The summed E-state index contributed by atoms with van der Waals surface area (Å²) >= 11 is 6.13. The summed E-state index contributed by atoms with van der Waals surface area (Å²) in [5.41, 5.74) is 7.63. The lowest BCUT2D eigenvalue weighted by Gasteiger charge is -2.39. The molecule has 1 heterocycles. The third-order valence-electron chi connectivity index (χ3n) is 6.55. The number of nitrogens with zero attached hydrogens (tertiary/aromatic N) is 2. The molecule has 1 saturated heterocycles. The molecule has 0 amide bonds. The van der Waals surface area contributed by atoms with Crippen LogP contribution in [0.5, 0.6) is 0 Å². The Labute approximate surface area is 197 Å². The van der Waals surface area contributed by atoms with Gasteiger partial charge in [0.15, 0.2) is 0 Å². The van der Waals surface area contributed by atoms with E-state index in [2.05, 4.69) is 67.0 Å². The second-order valence-corrected chi connectivity index (χ2v) is 10.1. The standard InChI is InChI=1S/C26H33ClN2.CH2O2/c1-20-4-10-24(11-5-20)29-16-14-28(15-17-29)19-22-18-26(2,3)13-12-25(22)21-6-8-23(27)9-7-21;2-1-3/h4-11H,12-19H2,1-3H3;1H,(H,2,3). The Bertz CT molecular complexity index is 912. The van der Waals surface area contributed by atoms with Crippen LogP contribution < -0.4 is 4.90 Å². The van der Waals surface area contributed by atoms with E-state index in [0.29, 0.717) is 5.41 Å². The Morgan fingerprint density at radius 3 is 2.19 bits per heavy atom. The summed E-state index contributed by atoms with van der Waals surface area (Å²) in [5.74, 6) is 0. The van der Waals surface area contributed by atoms with E-state index in [9.17, 15) is 0 Å². The number of hydrogen-bond donors (Lipinski definition) is 1. The van der Waals surface area contributed by atoms with Crippen molar-refractivity contribution in [3.8, 4) is 0 Å². The zero-order chi connectivity index (χ0) is 23.1. The van der Waals surface area contributed by atoms with Crippen molar-refractivity contribution in [2.24, 2.45) is 5.41 Å². The van der Waals surface area contributed by atoms with E-state index in [4.69, 9.17) is 21.5 Å². The fraction of sp³-hybridized carbons (Fsp3) is 0.444. The van der Waals surface area contributed by atoms with E-state index in [-0.39, 0.29) is 6.47 Å². The Balaban J connectivity index is 0.000000913. The zero-order valence-electron chi connectivity index (χ0n) is 19.5. The highest BCUT2D eigenvalue weighted by Crippen LogP contribution is 2.42. The second-order valence-electron chi connectivity index (χ2n) is 9.63. The van der Waals surface area contributed by atoms with Crippen molar-refractivity contribution < 1.29 is 9.90 Å². The number of benzene rings is 2. The Morgan fingerprint density at radius 1 is 1.00 bits per heavy atom. The van der Waals surface area contributed by atoms with Gasteiger partial charge in [-0.15, -0.1) is 0 Å². The Hall–Kier alpha value is -2.30. The molecule has 2 aromatic rings. The number of halogens is 1. The number of carbonyl (C=O) groups is 1. The largest absolute Gasteiger partial charge is 0.483 e. The summed E-state index contributed by atoms with van der Waals surface area (Å²) in [6.45, 7) is 12.3. The third-order valence-corrected chi connectivity index (χ3v) is 6.80. The van der Waals surface area contributed by atoms with Crippen molar-refractivity contribution in [3.05, 3.63) is 70.3 Å². The van der Waals surface area contributed by atoms with E-state index in [1.54, 1.807) is 11.1 Å². The van der Waals surface area contributed by atoms with Crippen LogP contribution in [0.25, 0.3) is 5.57 Å². The maximum atomic E-state index is 8.36. The summed E-state index contributed by atoms with van der Waals surface area (Å²) in [7, 11) is 0. The number of allylic oxidation sites excluding steroid dienone is 1. The average Bonchev–Trinajstić information content (AvgIpc) is 2.76. The minimum Gasteiger partial charge on any atom is -0.483 e. The molecule has 0 saturated carbocycles. The third kappa shape index (κ3) is 6.60. The van der Waals surface area contributed by atoms with Crippen LogP contribution in [0.2, 0.25) is 5.02 Å². The van der Waals surface area contributed by atoms with Crippen LogP contribution in [-0.2, 0) is 4.79 Å². The molecule has 172 valence electrons. The molecule has 4 rings (SSSR count). The van der Waals surface area contributed by atoms with Crippen molar-refractivity contribution in [1.29, 1.82) is 0 Å². The molecule has 2 aromatic carbocycles. The molecule has 0 bridgehead atoms. The molecule has 0 spiro atoms. The van der Waals surface area contributed by atoms with Gasteiger partial charge in [0.1, 0.15) is 0 Å². The monoisotopic (exact) mass is 454 g/mol. The van der Waals surface area contributed by atoms with Crippen LogP contribution in [-0.4, -0.2) is 49.2 Å². The predicted octanol–water partition coefficient (Wildman–Crippen LogP) is 6.14. The highest BCUT2D eigenvalue weighted by molar-refractivity contribution is 6.30. The van der Waals surface area contributed by atoms with Crippen LogP contribution >= 0.6 is 11.6 Å². The molecule has 1 N–H and O–H groups in total. The molecule has 1 fully saturated rings. The lowest BCUT2D eigenvalue weighted by Crippen LogP contribution is -2.47. The van der Waals surface area contributed by atoms with Crippen molar-refractivity contribution >= 4 is 29.3 Å². The fourth-order valence-corrected chi connectivity index (χ4v) is 4.88. The lowest BCUT2D eigenvalue weighted by atomic mass is 9.73. The highest BCUT2D eigenvalue weighted by Gasteiger charge is 2.29. The molecule has 2 aliphatic rings. The molecule has 1 aliphatic carbocycles. The number of carboxylic acid groups (broad SMARTS) is 1. The smallest absolute Gasteiger partial charge is 0.290 e. The fourth-order valence-electron chi connectivity index (χ4n) is 4.75. The summed E-state index contributed by atoms with van der Waals surface area (Å²) in [6.07, 6.45) is 3.63. The summed E-state index contributed by atoms with van der Waals surface area (Å²) in [6, 6.07) is 17.4. The molecular formula is C27H35ClN2O2. The first kappa shape index (κ1) is 24.3. The molecule has 0 atom stereocenters. The molecule has 32 heavy (non-hydrogen) atoms. The molecular weight excluding hydrogens is 420 g/mol. The van der Waals surface area contributed by atoms with Crippen molar-refractivity contribution in [1.82, 2.24) is 4.90 Å². The van der Waals surface area contributed by atoms with Gasteiger partial charge in [-0.3, -0.25) is 9.69 Å². The molecule has 5 heteroatoms. The van der Waals surface area contributed by atoms with E-state index >= 15 is 0 Å². The van der Waals surface area contributed by atoms with Gasteiger partial charge in [-0.25, -0.2) is 0 Å². The van der Waals surface area contributed by atoms with Gasteiger partial charge in [0.05, 0.1) is 0 Å². The van der Waals surface area contributed by atoms with Crippen LogP contribution in [0.4, 0.5) is 5.69 Å². The predicted molar refractivity (Wildman–Crippen MR) is 135 cm³/mol. The summed E-state index contributed by atoms with van der Waals surface area (Å²) in [4.78, 5) is 13.5. The van der Waals surface area contributed by atoms with Gasteiger partial charge in [-0.05, 0) is 67.0 Å². The summed E-state index contributed by atoms with van der Waals surface area (Å²) in [5, 5.41) is 7.71. The molecule has 0 aromatic heterocycles. The summed E-state index contributed by atoms with van der Waals surface area (Å²) < 4.78 is 0. The average molecular weight is 455 g/mol. The Morgan fingerprint density at radius 2 is 1.59 bits per heavy atom. The zero-order valence-corrected chi connectivity index (χ0v) is 20.2. The number of hydrogen-bond acceptors (Lipinski definition) is 3. The molecule has 1 aliphatic heterocycles. The minimum atomic E-state index is -0.250. The first-order valence-electron chi connectivity index (χ1n) is 11.4. The van der Waals surface area contributed by atoms with Gasteiger partial charge < -0.3 is 10.0 Å². The van der Waals surface area contributed by atoms with Gasteiger partial charge in [-0.1, -0.05) is 60.9 Å². The molecule has 0 unspecified atom stereocenters. The number of piperazine rings is 1. The SMILES string of the molecule is Cc1ccc(N2CCN(CC3=C(c4ccc(Cl)cc4)CCC(C)(C)C3)CC2)cc1.O=CO. The number of aryl methyl sites for hydroxylation is 1. The van der Waals surface area contributed by atoms with Crippen molar-refractivity contribution in [3.63, 3.8) is 0 Å². The van der Waals surface area contributed by atoms with Crippen LogP contribution in [0.3, 0.4) is 0 Å². The lowest BCUT2D eigenvalue weighted by molar-refractivity contribution is -0.122. The first-order chi connectivity index (χ1) is 15.3. The quantitative estimate of drug-likeness (QED) is 0.564. The van der Waals surface area contributed by atoms with Gasteiger partial charge in [0.25, 0.3) is 6.47 Å².